The number of rotatable bonds is 6. The highest BCUT2D eigenvalue weighted by molar-refractivity contribution is 7.89. The van der Waals surface area contributed by atoms with Crippen LogP contribution in [0.5, 0.6) is 0 Å². The third-order valence-corrected chi connectivity index (χ3v) is 4.81. The molecule has 1 aromatic rings. The van der Waals surface area contributed by atoms with E-state index in [1.165, 1.54) is 19.2 Å². The molecule has 1 aliphatic heterocycles. The molecule has 2 N–H and O–H groups in total. The second-order valence-electron chi connectivity index (χ2n) is 4.97. The molecule has 0 bridgehead atoms. The van der Waals surface area contributed by atoms with Crippen molar-refractivity contribution in [2.75, 3.05) is 26.7 Å². The van der Waals surface area contributed by atoms with Gasteiger partial charge in [-0.1, -0.05) is 6.92 Å². The lowest BCUT2D eigenvalue weighted by Gasteiger charge is -2.27. The molecule has 0 radical (unpaired) electrons. The fourth-order valence-electron chi connectivity index (χ4n) is 2.42. The molecule has 21 heavy (non-hydrogen) atoms. The van der Waals surface area contributed by atoms with E-state index < -0.39 is 10.0 Å². The summed E-state index contributed by atoms with van der Waals surface area (Å²) in [5.74, 6) is -0.202. The van der Waals surface area contributed by atoms with Crippen molar-refractivity contribution < 1.29 is 17.6 Å². The molecule has 1 aromatic heterocycles. The van der Waals surface area contributed by atoms with Gasteiger partial charge in [-0.3, -0.25) is 4.79 Å². The van der Waals surface area contributed by atoms with Crippen molar-refractivity contribution in [3.05, 3.63) is 17.9 Å². The summed E-state index contributed by atoms with van der Waals surface area (Å²) in [6.45, 7) is 4.27. The first kappa shape index (κ1) is 16.0. The van der Waals surface area contributed by atoms with E-state index in [2.05, 4.69) is 10.0 Å². The van der Waals surface area contributed by atoms with Gasteiger partial charge >= 0.3 is 0 Å². The monoisotopic (exact) mass is 315 g/mol. The first-order chi connectivity index (χ1) is 9.99. The van der Waals surface area contributed by atoms with Gasteiger partial charge in [0.15, 0.2) is 5.76 Å². The van der Waals surface area contributed by atoms with Crippen molar-refractivity contribution in [3.8, 4) is 0 Å². The van der Waals surface area contributed by atoms with Gasteiger partial charge in [-0.2, -0.15) is 0 Å². The maximum absolute atomic E-state index is 12.5. The van der Waals surface area contributed by atoms with Crippen LogP contribution in [-0.4, -0.2) is 51.9 Å². The van der Waals surface area contributed by atoms with Crippen molar-refractivity contribution in [2.45, 2.75) is 30.9 Å². The van der Waals surface area contributed by atoms with E-state index >= 15 is 0 Å². The number of hydrogen-bond acceptors (Lipinski definition) is 5. The molecule has 1 amide bonds. The molecule has 2 heterocycles. The summed E-state index contributed by atoms with van der Waals surface area (Å²) in [5.41, 5.74) is 0. The van der Waals surface area contributed by atoms with Crippen LogP contribution in [-0.2, 0) is 10.0 Å². The number of carbonyl (C=O) groups excluding carboxylic acids is 1. The first-order valence-electron chi connectivity index (χ1n) is 7.04. The lowest BCUT2D eigenvalue weighted by atomic mass is 10.2. The maximum Gasteiger partial charge on any atom is 0.289 e. The second-order valence-corrected chi connectivity index (χ2v) is 6.79. The van der Waals surface area contributed by atoms with Gasteiger partial charge in [0.25, 0.3) is 15.9 Å². The average Bonchev–Trinajstić information content (AvgIpc) is 3.14. The number of amides is 1. The average molecular weight is 315 g/mol. The summed E-state index contributed by atoms with van der Waals surface area (Å²) in [6.07, 6.45) is 1.73. The van der Waals surface area contributed by atoms with E-state index in [4.69, 9.17) is 4.42 Å². The smallest absolute Gasteiger partial charge is 0.289 e. The summed E-state index contributed by atoms with van der Waals surface area (Å²) < 4.78 is 30.7. The number of nitrogens with one attached hydrogen (secondary N) is 2. The molecule has 1 saturated heterocycles. The maximum atomic E-state index is 12.5. The number of hydrogen-bond donors (Lipinski definition) is 2. The van der Waals surface area contributed by atoms with Crippen LogP contribution in [0.1, 0.15) is 30.3 Å². The molecule has 118 valence electrons. The quantitative estimate of drug-likeness (QED) is 0.793. The Bertz CT molecular complexity index is 590. The minimum atomic E-state index is -3.67. The molecule has 0 aliphatic carbocycles. The van der Waals surface area contributed by atoms with Crippen molar-refractivity contribution in [2.24, 2.45) is 0 Å². The van der Waals surface area contributed by atoms with Crippen LogP contribution >= 0.6 is 0 Å². The third kappa shape index (κ3) is 3.45. The Kier molecular flexibility index (Phi) is 5.02. The van der Waals surface area contributed by atoms with Crippen molar-refractivity contribution in [1.82, 2.24) is 14.9 Å². The van der Waals surface area contributed by atoms with Crippen molar-refractivity contribution in [1.29, 1.82) is 0 Å². The highest BCUT2D eigenvalue weighted by Crippen LogP contribution is 2.18. The van der Waals surface area contributed by atoms with Gasteiger partial charge in [0.2, 0.25) is 5.09 Å². The van der Waals surface area contributed by atoms with Gasteiger partial charge in [-0.05, 0) is 38.6 Å². The topological polar surface area (TPSA) is 91.7 Å². The fourth-order valence-corrected chi connectivity index (χ4v) is 3.07. The van der Waals surface area contributed by atoms with Crippen LogP contribution < -0.4 is 10.0 Å². The Morgan fingerprint density at radius 2 is 2.29 bits per heavy atom. The Morgan fingerprint density at radius 1 is 1.52 bits per heavy atom. The van der Waals surface area contributed by atoms with Crippen LogP contribution in [0.25, 0.3) is 0 Å². The van der Waals surface area contributed by atoms with Gasteiger partial charge in [0.1, 0.15) is 0 Å². The Hall–Kier alpha value is -1.38. The molecule has 7 nitrogen and oxygen atoms in total. The molecule has 1 atom stereocenters. The molecule has 1 fully saturated rings. The second kappa shape index (κ2) is 6.59. The van der Waals surface area contributed by atoms with E-state index in [1.807, 2.05) is 6.92 Å². The highest BCUT2D eigenvalue weighted by Gasteiger charge is 2.29. The first-order valence-corrected chi connectivity index (χ1v) is 8.53. The van der Waals surface area contributed by atoms with E-state index in [0.717, 1.165) is 25.9 Å². The zero-order valence-corrected chi connectivity index (χ0v) is 13.1. The van der Waals surface area contributed by atoms with Gasteiger partial charge in [-0.15, -0.1) is 0 Å². The predicted molar refractivity (Wildman–Crippen MR) is 77.6 cm³/mol. The number of furan rings is 1. The van der Waals surface area contributed by atoms with Gasteiger partial charge < -0.3 is 14.6 Å². The predicted octanol–water partition coefficient (Wildman–Crippen LogP) is 0.402. The summed E-state index contributed by atoms with van der Waals surface area (Å²) >= 11 is 0. The van der Waals surface area contributed by atoms with Gasteiger partial charge in [0.05, 0.1) is 0 Å². The van der Waals surface area contributed by atoms with Gasteiger partial charge in [-0.25, -0.2) is 13.1 Å². The minimum Gasteiger partial charge on any atom is -0.438 e. The number of sulfonamides is 1. The molecular weight excluding hydrogens is 294 g/mol. The Labute approximate surface area is 124 Å². The zero-order chi connectivity index (χ0) is 15.5. The van der Waals surface area contributed by atoms with E-state index in [9.17, 15) is 13.2 Å². The standard InChI is InChI=1S/C13H21N3O4S/c1-3-8-16(10-6-7-15-9-10)13(17)11-4-5-12(20-11)21(18,19)14-2/h4-5,10,14-15H,3,6-9H2,1-2H3. The molecule has 8 heteroatoms. The fraction of sp³-hybridized carbons (Fsp3) is 0.615. The molecule has 0 aromatic carbocycles. The normalized spacial score (nSPS) is 18.9. The number of nitrogens with zero attached hydrogens (tertiary/aromatic N) is 1. The van der Waals surface area contributed by atoms with Crippen LogP contribution in [0.15, 0.2) is 21.6 Å². The lowest BCUT2D eigenvalue weighted by molar-refractivity contribution is 0.0654. The van der Waals surface area contributed by atoms with Crippen LogP contribution in [0.3, 0.4) is 0 Å². The van der Waals surface area contributed by atoms with E-state index in [0.29, 0.717) is 6.54 Å². The van der Waals surface area contributed by atoms with Crippen LogP contribution in [0, 0.1) is 0 Å². The SMILES string of the molecule is CCCN(C(=O)c1ccc(S(=O)(=O)NC)o1)C1CCNC1. The number of carbonyl (C=O) groups is 1. The zero-order valence-electron chi connectivity index (χ0n) is 12.3. The third-order valence-electron chi connectivity index (χ3n) is 3.53. The Morgan fingerprint density at radius 3 is 2.86 bits per heavy atom. The minimum absolute atomic E-state index is 0.0594. The van der Waals surface area contributed by atoms with Crippen molar-refractivity contribution in [3.63, 3.8) is 0 Å². The largest absolute Gasteiger partial charge is 0.438 e. The summed E-state index contributed by atoms with van der Waals surface area (Å²) in [6, 6.07) is 2.85. The van der Waals surface area contributed by atoms with Crippen LogP contribution in [0.4, 0.5) is 0 Å². The molecule has 1 aliphatic rings. The molecular formula is C13H21N3O4S. The van der Waals surface area contributed by atoms with Crippen LogP contribution in [0.2, 0.25) is 0 Å². The van der Waals surface area contributed by atoms with E-state index in [1.54, 1.807) is 4.90 Å². The van der Waals surface area contributed by atoms with E-state index in [-0.39, 0.29) is 22.8 Å². The summed E-state index contributed by atoms with van der Waals surface area (Å²) in [4.78, 5) is 14.3. The lowest BCUT2D eigenvalue weighted by Crippen LogP contribution is -2.41. The Balaban J connectivity index is 2.21. The summed E-state index contributed by atoms with van der Waals surface area (Å²) in [7, 11) is -2.37. The molecule has 2 rings (SSSR count). The van der Waals surface area contributed by atoms with Crippen molar-refractivity contribution >= 4 is 15.9 Å². The molecule has 0 spiro atoms. The van der Waals surface area contributed by atoms with Gasteiger partial charge in [0, 0.05) is 19.1 Å². The molecule has 0 saturated carbocycles. The highest BCUT2D eigenvalue weighted by atomic mass is 32.2. The molecule has 1 unspecified atom stereocenters. The summed E-state index contributed by atoms with van der Waals surface area (Å²) in [5, 5.41) is 2.98.